The van der Waals surface area contributed by atoms with Crippen LogP contribution in [0.1, 0.15) is 22.8 Å². The Bertz CT molecular complexity index is 983. The second-order valence-corrected chi connectivity index (χ2v) is 6.55. The van der Waals surface area contributed by atoms with Gasteiger partial charge in [0.05, 0.1) is 17.9 Å². The van der Waals surface area contributed by atoms with E-state index < -0.39 is 0 Å². The zero-order valence-electron chi connectivity index (χ0n) is 16.5. The molecule has 0 saturated carbocycles. The second-order valence-electron chi connectivity index (χ2n) is 6.55. The van der Waals surface area contributed by atoms with Gasteiger partial charge in [-0.2, -0.15) is 4.57 Å². The number of ether oxygens (including phenoxy) is 1. The molecule has 1 heterocycles. The fourth-order valence-electron chi connectivity index (χ4n) is 2.78. The van der Waals surface area contributed by atoms with E-state index in [1.54, 1.807) is 53.1 Å². The predicted octanol–water partition coefficient (Wildman–Crippen LogP) is 3.57. The summed E-state index contributed by atoms with van der Waals surface area (Å²) in [6.45, 7) is 4.65. The molecule has 29 heavy (non-hydrogen) atoms. The van der Waals surface area contributed by atoms with E-state index in [1.807, 2.05) is 38.4 Å². The highest BCUT2D eigenvalue weighted by molar-refractivity contribution is 6.10. The van der Waals surface area contributed by atoms with Gasteiger partial charge in [-0.3, -0.25) is 9.59 Å². The zero-order valence-corrected chi connectivity index (χ0v) is 16.5. The van der Waals surface area contributed by atoms with E-state index in [1.165, 1.54) is 0 Å². The molecule has 6 nitrogen and oxygen atoms in total. The van der Waals surface area contributed by atoms with Crippen molar-refractivity contribution in [2.75, 3.05) is 17.2 Å². The standard InChI is InChI=1S/C23H23N3O3/c1-3-29-19-10-8-18(9-11-19)24-23(28)20-6-4-5-7-21(20)25-22(27)16-26-14-12-17(2)13-15-26/h4-15H,3,16H2,1-2H3,(H-,24,25,27,28)/p+1. The number of hydrogen-bond acceptors (Lipinski definition) is 3. The quantitative estimate of drug-likeness (QED) is 0.606. The predicted molar refractivity (Wildman–Crippen MR) is 112 cm³/mol. The van der Waals surface area contributed by atoms with Crippen molar-refractivity contribution in [3.63, 3.8) is 0 Å². The number of nitrogens with one attached hydrogen (secondary N) is 2. The number of carbonyl (C=O) groups is 2. The second kappa shape index (κ2) is 9.50. The molecule has 1 aromatic heterocycles. The van der Waals surface area contributed by atoms with Gasteiger partial charge in [-0.15, -0.1) is 0 Å². The average molecular weight is 390 g/mol. The molecule has 0 bridgehead atoms. The van der Waals surface area contributed by atoms with Gasteiger partial charge in [0.25, 0.3) is 11.8 Å². The maximum Gasteiger partial charge on any atom is 0.290 e. The van der Waals surface area contributed by atoms with Gasteiger partial charge < -0.3 is 15.4 Å². The minimum Gasteiger partial charge on any atom is -0.494 e. The number of rotatable bonds is 7. The first-order valence-electron chi connectivity index (χ1n) is 9.44. The minimum absolute atomic E-state index is 0.162. The summed E-state index contributed by atoms with van der Waals surface area (Å²) in [5, 5.41) is 5.67. The minimum atomic E-state index is -0.298. The van der Waals surface area contributed by atoms with E-state index in [0.717, 1.165) is 11.3 Å². The lowest BCUT2D eigenvalue weighted by Crippen LogP contribution is -2.39. The van der Waals surface area contributed by atoms with E-state index in [2.05, 4.69) is 10.6 Å². The third-order valence-electron chi connectivity index (χ3n) is 4.25. The van der Waals surface area contributed by atoms with Crippen LogP contribution in [0, 0.1) is 6.92 Å². The number of aryl methyl sites for hydroxylation is 1. The van der Waals surface area contributed by atoms with Crippen LogP contribution in [0.15, 0.2) is 73.1 Å². The lowest BCUT2D eigenvalue weighted by atomic mass is 10.1. The van der Waals surface area contributed by atoms with E-state index >= 15 is 0 Å². The first kappa shape index (κ1) is 20.1. The number of hydrogen-bond donors (Lipinski definition) is 2. The Balaban J connectivity index is 1.68. The summed E-state index contributed by atoms with van der Waals surface area (Å²) in [7, 11) is 0. The van der Waals surface area contributed by atoms with Crippen LogP contribution >= 0.6 is 0 Å². The van der Waals surface area contributed by atoms with Gasteiger partial charge in [-0.25, -0.2) is 0 Å². The van der Waals surface area contributed by atoms with E-state index in [9.17, 15) is 9.59 Å². The van der Waals surface area contributed by atoms with Crippen LogP contribution in [0.25, 0.3) is 0 Å². The molecular formula is C23H24N3O3+. The number of anilines is 2. The average Bonchev–Trinajstić information content (AvgIpc) is 2.72. The van der Waals surface area contributed by atoms with Crippen LogP contribution in [0.5, 0.6) is 5.75 Å². The maximum absolute atomic E-state index is 12.7. The van der Waals surface area contributed by atoms with Crippen LogP contribution in [0.4, 0.5) is 11.4 Å². The van der Waals surface area contributed by atoms with Crippen LogP contribution in [-0.2, 0) is 11.3 Å². The summed E-state index contributed by atoms with van der Waals surface area (Å²) in [6, 6.07) is 18.0. The van der Waals surface area contributed by atoms with Crippen LogP contribution in [0.2, 0.25) is 0 Å². The Morgan fingerprint density at radius 1 is 0.931 bits per heavy atom. The molecule has 0 radical (unpaired) electrons. The molecule has 0 atom stereocenters. The van der Waals surface area contributed by atoms with Crippen molar-refractivity contribution in [1.82, 2.24) is 0 Å². The highest BCUT2D eigenvalue weighted by Crippen LogP contribution is 2.19. The van der Waals surface area contributed by atoms with Crippen LogP contribution in [-0.4, -0.2) is 18.4 Å². The van der Waals surface area contributed by atoms with Crippen molar-refractivity contribution in [1.29, 1.82) is 0 Å². The maximum atomic E-state index is 12.7. The first-order valence-corrected chi connectivity index (χ1v) is 9.44. The van der Waals surface area contributed by atoms with Gasteiger partial charge >= 0.3 is 0 Å². The monoisotopic (exact) mass is 390 g/mol. The number of carbonyl (C=O) groups excluding carboxylic acids is 2. The smallest absolute Gasteiger partial charge is 0.290 e. The molecule has 0 aliphatic rings. The molecule has 148 valence electrons. The Morgan fingerprint density at radius 2 is 1.62 bits per heavy atom. The topological polar surface area (TPSA) is 71.3 Å². The van der Waals surface area contributed by atoms with Crippen molar-refractivity contribution >= 4 is 23.2 Å². The molecule has 2 N–H and O–H groups in total. The molecule has 0 aliphatic heterocycles. The third kappa shape index (κ3) is 5.65. The summed E-state index contributed by atoms with van der Waals surface area (Å²) in [5.74, 6) is 0.236. The summed E-state index contributed by atoms with van der Waals surface area (Å²) in [4.78, 5) is 25.1. The van der Waals surface area contributed by atoms with Crippen molar-refractivity contribution in [3.05, 3.63) is 84.2 Å². The van der Waals surface area contributed by atoms with Crippen LogP contribution < -0.4 is 19.9 Å². The SMILES string of the molecule is CCOc1ccc(NC(=O)c2ccccc2NC(=O)C[n+]2ccc(C)cc2)cc1. The van der Waals surface area contributed by atoms with Gasteiger partial charge in [0, 0.05) is 17.8 Å². The van der Waals surface area contributed by atoms with Gasteiger partial charge in [0.1, 0.15) is 5.75 Å². The summed E-state index contributed by atoms with van der Waals surface area (Å²) in [6.07, 6.45) is 3.69. The highest BCUT2D eigenvalue weighted by atomic mass is 16.5. The van der Waals surface area contributed by atoms with Crippen molar-refractivity contribution in [2.24, 2.45) is 0 Å². The molecule has 0 spiro atoms. The lowest BCUT2D eigenvalue weighted by molar-refractivity contribution is -0.684. The molecule has 2 aromatic carbocycles. The molecule has 0 aliphatic carbocycles. The lowest BCUT2D eigenvalue weighted by Gasteiger charge is -2.11. The number of para-hydroxylation sites is 1. The normalized spacial score (nSPS) is 10.3. The van der Waals surface area contributed by atoms with Crippen molar-refractivity contribution in [2.45, 2.75) is 20.4 Å². The molecule has 0 fully saturated rings. The molecule has 3 rings (SSSR count). The Kier molecular flexibility index (Phi) is 6.58. The molecule has 0 saturated heterocycles. The number of pyridine rings is 1. The Morgan fingerprint density at radius 3 is 2.31 bits per heavy atom. The molecule has 6 heteroatoms. The van der Waals surface area contributed by atoms with Gasteiger partial charge in [0.2, 0.25) is 6.54 Å². The van der Waals surface area contributed by atoms with Crippen molar-refractivity contribution in [3.8, 4) is 5.75 Å². The number of nitrogens with zero attached hydrogens (tertiary/aromatic N) is 1. The van der Waals surface area contributed by atoms with E-state index in [0.29, 0.717) is 23.5 Å². The third-order valence-corrected chi connectivity index (χ3v) is 4.25. The molecule has 3 aromatic rings. The first-order chi connectivity index (χ1) is 14.0. The molecular weight excluding hydrogens is 366 g/mol. The Hall–Kier alpha value is -3.67. The number of benzene rings is 2. The largest absolute Gasteiger partial charge is 0.494 e. The summed E-state index contributed by atoms with van der Waals surface area (Å²) in [5.41, 5.74) is 2.63. The molecule has 0 unspecified atom stereocenters. The van der Waals surface area contributed by atoms with E-state index in [-0.39, 0.29) is 18.4 Å². The highest BCUT2D eigenvalue weighted by Gasteiger charge is 2.15. The number of amides is 2. The Labute approximate surface area is 170 Å². The van der Waals surface area contributed by atoms with Crippen molar-refractivity contribution < 1.29 is 18.9 Å². The summed E-state index contributed by atoms with van der Waals surface area (Å²) < 4.78 is 7.19. The van der Waals surface area contributed by atoms with Gasteiger partial charge in [-0.05, 0) is 55.8 Å². The van der Waals surface area contributed by atoms with Crippen LogP contribution in [0.3, 0.4) is 0 Å². The zero-order chi connectivity index (χ0) is 20.6. The molecule has 2 amide bonds. The van der Waals surface area contributed by atoms with Gasteiger partial charge in [0.15, 0.2) is 12.4 Å². The number of aromatic nitrogens is 1. The van der Waals surface area contributed by atoms with Gasteiger partial charge in [-0.1, -0.05) is 12.1 Å². The van der Waals surface area contributed by atoms with E-state index in [4.69, 9.17) is 4.74 Å². The fourth-order valence-corrected chi connectivity index (χ4v) is 2.78. The summed E-state index contributed by atoms with van der Waals surface area (Å²) >= 11 is 0. The fraction of sp³-hybridized carbons (Fsp3) is 0.174.